The molecular weight excluding hydrogens is 444 g/mol. The highest BCUT2D eigenvalue weighted by atomic mass is 32.2. The maximum atomic E-state index is 13.1. The zero-order chi connectivity index (χ0) is 23.8. The van der Waals surface area contributed by atoms with E-state index in [9.17, 15) is 18.0 Å². The minimum absolute atomic E-state index is 0.0469. The maximum absolute atomic E-state index is 13.1. The monoisotopic (exact) mass is 478 g/mol. The van der Waals surface area contributed by atoms with Crippen LogP contribution in [0.5, 0.6) is 0 Å². The van der Waals surface area contributed by atoms with E-state index >= 15 is 0 Å². The summed E-state index contributed by atoms with van der Waals surface area (Å²) >= 11 is 0. The zero-order valence-corrected chi connectivity index (χ0v) is 20.5. The number of carbonyl (C=O) groups is 2. The van der Waals surface area contributed by atoms with Gasteiger partial charge in [-0.15, -0.1) is 0 Å². The molecule has 1 aromatic carbocycles. The second-order valence-corrected chi connectivity index (χ2v) is 11.2. The fourth-order valence-corrected chi connectivity index (χ4v) is 6.66. The van der Waals surface area contributed by atoms with E-state index in [1.165, 1.54) is 14.2 Å². The second kappa shape index (κ2) is 9.69. The van der Waals surface area contributed by atoms with Gasteiger partial charge in [0.25, 0.3) is 10.2 Å². The fraction of sp³-hybridized carbons (Fsp3) is 0.652. The first-order valence-corrected chi connectivity index (χ1v) is 13.2. The molecule has 9 nitrogen and oxygen atoms in total. The van der Waals surface area contributed by atoms with Gasteiger partial charge in [0.2, 0.25) is 11.8 Å². The molecule has 3 aliphatic heterocycles. The first-order valence-electron chi connectivity index (χ1n) is 11.8. The number of morpholine rings is 1. The van der Waals surface area contributed by atoms with Gasteiger partial charge in [0, 0.05) is 57.9 Å². The van der Waals surface area contributed by atoms with Crippen LogP contribution in [-0.2, 0) is 31.0 Å². The summed E-state index contributed by atoms with van der Waals surface area (Å²) in [6.07, 6.45) is 0.830. The summed E-state index contributed by atoms with van der Waals surface area (Å²) in [6.45, 7) is 8.07. The van der Waals surface area contributed by atoms with Crippen LogP contribution < -0.4 is 4.90 Å². The van der Waals surface area contributed by atoms with E-state index < -0.39 is 16.1 Å². The highest BCUT2D eigenvalue weighted by Crippen LogP contribution is 2.27. The Morgan fingerprint density at radius 2 is 1.58 bits per heavy atom. The number of hydrogen-bond donors (Lipinski definition) is 0. The van der Waals surface area contributed by atoms with Crippen LogP contribution in [0.4, 0.5) is 5.69 Å². The minimum Gasteiger partial charge on any atom is -0.373 e. The van der Waals surface area contributed by atoms with E-state index in [-0.39, 0.29) is 43.5 Å². The van der Waals surface area contributed by atoms with Gasteiger partial charge in [-0.2, -0.15) is 17.0 Å². The van der Waals surface area contributed by atoms with Crippen LogP contribution in [0, 0.1) is 5.92 Å². The third kappa shape index (κ3) is 5.08. The standard InChI is InChI=1S/C23H34N4O5S/c1-4-19-5-7-21(8-6-19)27-16-20(13-22(27)28)23(29)24-9-11-25(12-10-24)33(30,31)26-14-17(2)32-18(3)15-26/h5-8,17-18,20H,4,9-16H2,1-3H3. The van der Waals surface area contributed by atoms with Gasteiger partial charge >= 0.3 is 0 Å². The van der Waals surface area contributed by atoms with Gasteiger partial charge in [-0.05, 0) is 38.0 Å². The summed E-state index contributed by atoms with van der Waals surface area (Å²) < 4.78 is 34.8. The Bertz CT molecular complexity index is 965. The molecule has 33 heavy (non-hydrogen) atoms. The van der Waals surface area contributed by atoms with Gasteiger partial charge in [-0.25, -0.2) is 0 Å². The third-order valence-electron chi connectivity index (χ3n) is 6.72. The molecule has 10 heteroatoms. The van der Waals surface area contributed by atoms with Gasteiger partial charge in [0.1, 0.15) is 0 Å². The largest absolute Gasteiger partial charge is 0.373 e. The van der Waals surface area contributed by atoms with Crippen LogP contribution in [-0.4, -0.2) is 91.8 Å². The lowest BCUT2D eigenvalue weighted by molar-refractivity contribution is -0.137. The molecule has 0 aliphatic carbocycles. The molecule has 3 fully saturated rings. The average Bonchev–Trinajstić information content (AvgIpc) is 3.19. The molecule has 3 saturated heterocycles. The molecule has 1 aromatic rings. The predicted molar refractivity (Wildman–Crippen MR) is 125 cm³/mol. The van der Waals surface area contributed by atoms with Gasteiger partial charge in [-0.3, -0.25) is 9.59 Å². The summed E-state index contributed by atoms with van der Waals surface area (Å²) in [5.74, 6) is -0.511. The van der Waals surface area contributed by atoms with E-state index in [4.69, 9.17) is 4.74 Å². The average molecular weight is 479 g/mol. The van der Waals surface area contributed by atoms with Crippen LogP contribution >= 0.6 is 0 Å². The lowest BCUT2D eigenvalue weighted by Crippen LogP contribution is -2.58. The topological polar surface area (TPSA) is 90.5 Å². The molecule has 0 spiro atoms. The summed E-state index contributed by atoms with van der Waals surface area (Å²) in [5.41, 5.74) is 2.02. The Labute approximate surface area is 196 Å². The summed E-state index contributed by atoms with van der Waals surface area (Å²) in [6, 6.07) is 7.88. The van der Waals surface area contributed by atoms with Gasteiger partial charge in [0.15, 0.2) is 0 Å². The molecule has 3 unspecified atom stereocenters. The zero-order valence-electron chi connectivity index (χ0n) is 19.6. The minimum atomic E-state index is -3.59. The van der Waals surface area contributed by atoms with Crippen molar-refractivity contribution in [3.8, 4) is 0 Å². The van der Waals surface area contributed by atoms with E-state index in [1.807, 2.05) is 38.1 Å². The molecular formula is C23H34N4O5S. The van der Waals surface area contributed by atoms with Crippen LogP contribution in [0.2, 0.25) is 0 Å². The molecule has 0 bridgehead atoms. The highest BCUT2D eigenvalue weighted by Gasteiger charge is 2.40. The molecule has 2 amide bonds. The predicted octanol–water partition coefficient (Wildman–Crippen LogP) is 1.10. The SMILES string of the molecule is CCc1ccc(N2CC(C(=O)N3CCN(S(=O)(=O)N4CC(C)OC(C)C4)CC3)CC2=O)cc1. The smallest absolute Gasteiger partial charge is 0.282 e. The van der Waals surface area contributed by atoms with E-state index in [0.29, 0.717) is 32.7 Å². The quantitative estimate of drug-likeness (QED) is 0.632. The lowest BCUT2D eigenvalue weighted by Gasteiger charge is -2.40. The summed E-state index contributed by atoms with van der Waals surface area (Å²) in [7, 11) is -3.59. The van der Waals surface area contributed by atoms with Crippen LogP contribution in [0.15, 0.2) is 24.3 Å². The van der Waals surface area contributed by atoms with Crippen molar-refractivity contribution in [2.24, 2.45) is 5.92 Å². The van der Waals surface area contributed by atoms with Crippen molar-refractivity contribution in [3.05, 3.63) is 29.8 Å². The fourth-order valence-electron chi connectivity index (χ4n) is 4.91. The van der Waals surface area contributed by atoms with Gasteiger partial charge in [-0.1, -0.05) is 19.1 Å². The molecule has 0 saturated carbocycles. The number of hydrogen-bond acceptors (Lipinski definition) is 5. The molecule has 3 heterocycles. The Kier molecular flexibility index (Phi) is 7.09. The first kappa shape index (κ1) is 24.1. The van der Waals surface area contributed by atoms with Gasteiger partial charge < -0.3 is 14.5 Å². The molecule has 0 aromatic heterocycles. The number of benzene rings is 1. The van der Waals surface area contributed by atoms with E-state index in [0.717, 1.165) is 12.1 Å². The van der Waals surface area contributed by atoms with Crippen LogP contribution in [0.25, 0.3) is 0 Å². The lowest BCUT2D eigenvalue weighted by atomic mass is 10.1. The Morgan fingerprint density at radius 3 is 2.15 bits per heavy atom. The van der Waals surface area contributed by atoms with Crippen LogP contribution in [0.1, 0.15) is 32.8 Å². The number of piperazine rings is 1. The summed E-state index contributed by atoms with van der Waals surface area (Å²) in [4.78, 5) is 29.1. The second-order valence-electron chi connectivity index (χ2n) is 9.23. The molecule has 3 aliphatic rings. The number of aryl methyl sites for hydroxylation is 1. The number of amides is 2. The maximum Gasteiger partial charge on any atom is 0.282 e. The number of carbonyl (C=O) groups excluding carboxylic acids is 2. The number of rotatable bonds is 5. The Morgan fingerprint density at radius 1 is 0.970 bits per heavy atom. The molecule has 4 rings (SSSR count). The van der Waals surface area contributed by atoms with Crippen molar-refractivity contribution in [3.63, 3.8) is 0 Å². The molecule has 0 N–H and O–H groups in total. The first-order chi connectivity index (χ1) is 15.7. The van der Waals surface area contributed by atoms with Crippen molar-refractivity contribution in [2.45, 2.75) is 45.8 Å². The van der Waals surface area contributed by atoms with Crippen molar-refractivity contribution in [2.75, 3.05) is 50.7 Å². The van der Waals surface area contributed by atoms with Crippen molar-refractivity contribution in [1.82, 2.24) is 13.5 Å². The van der Waals surface area contributed by atoms with Gasteiger partial charge in [0.05, 0.1) is 18.1 Å². The molecule has 3 atom stereocenters. The number of anilines is 1. The van der Waals surface area contributed by atoms with Crippen LogP contribution in [0.3, 0.4) is 0 Å². The van der Waals surface area contributed by atoms with Crippen molar-refractivity contribution >= 4 is 27.7 Å². The molecule has 0 radical (unpaired) electrons. The Hall–Kier alpha value is -2.01. The normalized spacial score (nSPS) is 27.8. The summed E-state index contributed by atoms with van der Waals surface area (Å²) in [5, 5.41) is 0. The van der Waals surface area contributed by atoms with Crippen molar-refractivity contribution in [1.29, 1.82) is 0 Å². The van der Waals surface area contributed by atoms with E-state index in [1.54, 1.807) is 9.80 Å². The van der Waals surface area contributed by atoms with E-state index in [2.05, 4.69) is 6.92 Å². The highest BCUT2D eigenvalue weighted by molar-refractivity contribution is 7.86. The molecule has 182 valence electrons. The third-order valence-corrected chi connectivity index (χ3v) is 8.69. The number of ether oxygens (including phenoxy) is 1. The van der Waals surface area contributed by atoms with Crippen molar-refractivity contribution < 1.29 is 22.7 Å². The Balaban J connectivity index is 1.34. The number of nitrogens with zero attached hydrogens (tertiary/aromatic N) is 4.